The molecule has 0 bridgehead atoms. The molecule has 0 atom stereocenters. The van der Waals surface area contributed by atoms with Gasteiger partial charge in [-0.2, -0.15) is 5.10 Å². The van der Waals surface area contributed by atoms with E-state index in [0.29, 0.717) is 6.61 Å². The van der Waals surface area contributed by atoms with Crippen molar-refractivity contribution >= 4 is 0 Å². The zero-order chi connectivity index (χ0) is 14.4. The lowest BCUT2D eigenvalue weighted by Crippen LogP contribution is -2.12. The van der Waals surface area contributed by atoms with Gasteiger partial charge in [0.15, 0.2) is 0 Å². The van der Waals surface area contributed by atoms with Crippen LogP contribution >= 0.6 is 0 Å². The van der Waals surface area contributed by atoms with Gasteiger partial charge >= 0.3 is 0 Å². The van der Waals surface area contributed by atoms with Crippen molar-refractivity contribution < 1.29 is 9.47 Å². The van der Waals surface area contributed by atoms with E-state index in [1.165, 1.54) is 11.3 Å². The van der Waals surface area contributed by atoms with Crippen LogP contribution in [0.2, 0.25) is 0 Å². The zero-order valence-corrected chi connectivity index (χ0v) is 12.2. The second-order valence-corrected chi connectivity index (χ2v) is 4.53. The van der Waals surface area contributed by atoms with Crippen LogP contribution < -0.4 is 14.8 Å². The number of hydrogen-bond donors (Lipinski definition) is 1. The van der Waals surface area contributed by atoms with Gasteiger partial charge < -0.3 is 14.8 Å². The summed E-state index contributed by atoms with van der Waals surface area (Å²) in [6.07, 6.45) is 1.90. The quantitative estimate of drug-likeness (QED) is 0.839. The Balaban J connectivity index is 1.86. The minimum Gasteiger partial charge on any atom is -0.497 e. The van der Waals surface area contributed by atoms with Crippen molar-refractivity contribution in [2.45, 2.75) is 20.0 Å². The van der Waals surface area contributed by atoms with Crippen molar-refractivity contribution in [2.75, 3.05) is 20.8 Å². The number of ether oxygens (including phenoxy) is 2. The van der Waals surface area contributed by atoms with Crippen molar-refractivity contribution in [1.29, 1.82) is 0 Å². The Hall–Kier alpha value is -2.01. The maximum atomic E-state index is 5.70. The Kier molecular flexibility index (Phi) is 5.01. The second kappa shape index (κ2) is 6.96. The average molecular weight is 275 g/mol. The number of benzene rings is 1. The van der Waals surface area contributed by atoms with Gasteiger partial charge in [-0.1, -0.05) is 0 Å². The molecule has 0 fully saturated rings. The normalized spacial score (nSPS) is 10.6. The summed E-state index contributed by atoms with van der Waals surface area (Å²) in [6, 6.07) is 7.58. The summed E-state index contributed by atoms with van der Waals surface area (Å²) in [5.74, 6) is 1.67. The van der Waals surface area contributed by atoms with Gasteiger partial charge in [0, 0.05) is 17.8 Å². The van der Waals surface area contributed by atoms with Gasteiger partial charge in [-0.15, -0.1) is 0 Å². The molecular weight excluding hydrogens is 254 g/mol. The minimum absolute atomic E-state index is 0.591. The summed E-state index contributed by atoms with van der Waals surface area (Å²) < 4.78 is 12.8. The summed E-state index contributed by atoms with van der Waals surface area (Å²) in [5.41, 5.74) is 2.40. The molecule has 0 aliphatic heterocycles. The lowest BCUT2D eigenvalue weighted by molar-refractivity contribution is 0.289. The summed E-state index contributed by atoms with van der Waals surface area (Å²) in [6.45, 7) is 4.24. The molecule has 0 radical (unpaired) electrons. The minimum atomic E-state index is 0.591. The Labute approximate surface area is 119 Å². The second-order valence-electron chi connectivity index (χ2n) is 4.53. The number of nitrogens with one attached hydrogen (secondary N) is 1. The first kappa shape index (κ1) is 14.4. The first-order chi connectivity index (χ1) is 9.74. The van der Waals surface area contributed by atoms with Crippen molar-refractivity contribution in [1.82, 2.24) is 15.1 Å². The van der Waals surface area contributed by atoms with Gasteiger partial charge in [0.1, 0.15) is 18.1 Å². The molecule has 2 aromatic rings. The molecule has 0 amide bonds. The molecule has 108 valence electrons. The molecule has 1 N–H and O–H groups in total. The van der Waals surface area contributed by atoms with Crippen molar-refractivity contribution in [3.05, 3.63) is 41.7 Å². The highest BCUT2D eigenvalue weighted by atomic mass is 16.5. The van der Waals surface area contributed by atoms with Crippen molar-refractivity contribution in [3.63, 3.8) is 0 Å². The maximum absolute atomic E-state index is 5.70. The van der Waals surface area contributed by atoms with Crippen LogP contribution in [-0.2, 0) is 13.1 Å². The van der Waals surface area contributed by atoms with E-state index in [4.69, 9.17) is 9.47 Å². The van der Waals surface area contributed by atoms with E-state index in [1.54, 1.807) is 7.11 Å². The Morgan fingerprint density at radius 3 is 2.55 bits per heavy atom. The predicted molar refractivity (Wildman–Crippen MR) is 78.2 cm³/mol. The number of rotatable bonds is 7. The van der Waals surface area contributed by atoms with Crippen LogP contribution in [0.3, 0.4) is 0 Å². The zero-order valence-electron chi connectivity index (χ0n) is 12.2. The molecule has 20 heavy (non-hydrogen) atoms. The molecule has 0 saturated carbocycles. The molecule has 1 aromatic heterocycles. The third kappa shape index (κ3) is 3.51. The Bertz CT molecular complexity index is 535. The van der Waals surface area contributed by atoms with Crippen LogP contribution in [0.15, 0.2) is 30.5 Å². The summed E-state index contributed by atoms with van der Waals surface area (Å²) in [5, 5.41) is 7.50. The van der Waals surface area contributed by atoms with E-state index in [-0.39, 0.29) is 0 Å². The van der Waals surface area contributed by atoms with Gasteiger partial charge in [0.25, 0.3) is 0 Å². The third-order valence-electron chi connectivity index (χ3n) is 3.20. The van der Waals surface area contributed by atoms with Gasteiger partial charge in [-0.05, 0) is 38.2 Å². The van der Waals surface area contributed by atoms with Crippen LogP contribution in [-0.4, -0.2) is 30.5 Å². The molecule has 0 aliphatic rings. The number of hydrogen-bond acceptors (Lipinski definition) is 4. The SMILES string of the molecule is CNCc1cnn(CCOc2ccc(OC)cc2)c1C. The van der Waals surface area contributed by atoms with E-state index in [9.17, 15) is 0 Å². The summed E-state index contributed by atoms with van der Waals surface area (Å²) in [7, 11) is 3.59. The highest BCUT2D eigenvalue weighted by Crippen LogP contribution is 2.17. The fraction of sp³-hybridized carbons (Fsp3) is 0.400. The Morgan fingerprint density at radius 2 is 1.90 bits per heavy atom. The molecule has 1 heterocycles. The molecule has 1 aromatic carbocycles. The van der Waals surface area contributed by atoms with E-state index < -0.39 is 0 Å². The van der Waals surface area contributed by atoms with E-state index >= 15 is 0 Å². The predicted octanol–water partition coefficient (Wildman–Crippen LogP) is 2.00. The van der Waals surface area contributed by atoms with E-state index in [2.05, 4.69) is 17.3 Å². The average Bonchev–Trinajstić information content (AvgIpc) is 2.82. The van der Waals surface area contributed by atoms with Gasteiger partial charge in [0.05, 0.1) is 19.9 Å². The lowest BCUT2D eigenvalue weighted by Gasteiger charge is -2.09. The fourth-order valence-electron chi connectivity index (χ4n) is 2.00. The standard InChI is InChI=1S/C15H21N3O2/c1-12-13(10-16-2)11-17-18(12)8-9-20-15-6-4-14(19-3)5-7-15/h4-7,11,16H,8-10H2,1-3H3. The van der Waals surface area contributed by atoms with Crippen LogP contribution in [0.1, 0.15) is 11.3 Å². The van der Waals surface area contributed by atoms with Gasteiger partial charge in [-0.3, -0.25) is 4.68 Å². The van der Waals surface area contributed by atoms with E-state index in [0.717, 1.165) is 24.6 Å². The highest BCUT2D eigenvalue weighted by Gasteiger charge is 2.05. The van der Waals surface area contributed by atoms with E-state index in [1.807, 2.05) is 42.2 Å². The van der Waals surface area contributed by atoms with Crippen molar-refractivity contribution in [3.8, 4) is 11.5 Å². The molecule has 0 spiro atoms. The molecule has 0 aliphatic carbocycles. The first-order valence-electron chi connectivity index (χ1n) is 6.67. The number of nitrogens with zero attached hydrogens (tertiary/aromatic N) is 2. The number of methoxy groups -OCH3 is 1. The lowest BCUT2D eigenvalue weighted by atomic mass is 10.2. The first-order valence-corrected chi connectivity index (χ1v) is 6.67. The summed E-state index contributed by atoms with van der Waals surface area (Å²) >= 11 is 0. The Morgan fingerprint density at radius 1 is 1.20 bits per heavy atom. The van der Waals surface area contributed by atoms with Crippen LogP contribution in [0.25, 0.3) is 0 Å². The van der Waals surface area contributed by atoms with Gasteiger partial charge in [0.2, 0.25) is 0 Å². The molecule has 5 nitrogen and oxygen atoms in total. The van der Waals surface area contributed by atoms with Gasteiger partial charge in [-0.25, -0.2) is 0 Å². The van der Waals surface area contributed by atoms with Crippen LogP contribution in [0.4, 0.5) is 0 Å². The third-order valence-corrected chi connectivity index (χ3v) is 3.20. The fourth-order valence-corrected chi connectivity index (χ4v) is 2.00. The smallest absolute Gasteiger partial charge is 0.119 e. The highest BCUT2D eigenvalue weighted by molar-refractivity contribution is 5.31. The molecular formula is C15H21N3O2. The molecule has 0 saturated heterocycles. The largest absolute Gasteiger partial charge is 0.497 e. The number of aromatic nitrogens is 2. The molecule has 2 rings (SSSR count). The molecule has 5 heteroatoms. The topological polar surface area (TPSA) is 48.3 Å². The van der Waals surface area contributed by atoms with Crippen LogP contribution in [0.5, 0.6) is 11.5 Å². The van der Waals surface area contributed by atoms with Crippen molar-refractivity contribution in [2.24, 2.45) is 0 Å². The monoisotopic (exact) mass is 275 g/mol. The summed E-state index contributed by atoms with van der Waals surface area (Å²) in [4.78, 5) is 0. The molecule has 0 unspecified atom stereocenters. The van der Waals surface area contributed by atoms with Crippen LogP contribution in [0, 0.1) is 6.92 Å². The maximum Gasteiger partial charge on any atom is 0.119 e.